The second-order valence-corrected chi connectivity index (χ2v) is 4.77. The van der Waals surface area contributed by atoms with E-state index in [0.29, 0.717) is 11.4 Å². The first-order valence-corrected chi connectivity index (χ1v) is 6.27. The average molecular weight is 313 g/mol. The first-order valence-electron chi connectivity index (χ1n) is 5.49. The van der Waals surface area contributed by atoms with Crippen LogP contribution in [0.1, 0.15) is 15.9 Å². The van der Waals surface area contributed by atoms with Crippen molar-refractivity contribution in [2.24, 2.45) is 12.8 Å². The smallest absolute Gasteiger partial charge is 0.258 e. The summed E-state index contributed by atoms with van der Waals surface area (Å²) in [5.41, 5.74) is 5.97. The largest absolute Gasteiger partial charge is 0.389 e. The number of rotatable bonds is 3. The molecule has 104 valence electrons. The Kier molecular flexibility index (Phi) is 4.01. The van der Waals surface area contributed by atoms with Gasteiger partial charge in [0.15, 0.2) is 0 Å². The third-order valence-electron chi connectivity index (χ3n) is 2.63. The van der Waals surface area contributed by atoms with Crippen LogP contribution in [-0.2, 0) is 7.05 Å². The molecular formula is C12H10ClFN4OS. The Labute approximate surface area is 124 Å². The number of hydrogen-bond donors (Lipinski definition) is 2. The molecule has 0 aliphatic carbocycles. The van der Waals surface area contributed by atoms with Gasteiger partial charge in [-0.1, -0.05) is 29.9 Å². The number of halogens is 2. The monoisotopic (exact) mass is 312 g/mol. The summed E-state index contributed by atoms with van der Waals surface area (Å²) in [4.78, 5) is 12.2. The summed E-state index contributed by atoms with van der Waals surface area (Å²) < 4.78 is 14.7. The predicted molar refractivity (Wildman–Crippen MR) is 78.5 cm³/mol. The van der Waals surface area contributed by atoms with E-state index in [9.17, 15) is 9.18 Å². The summed E-state index contributed by atoms with van der Waals surface area (Å²) in [6, 6.07) is 3.98. The fourth-order valence-electron chi connectivity index (χ4n) is 1.62. The molecule has 0 radical (unpaired) electrons. The quantitative estimate of drug-likeness (QED) is 0.851. The molecule has 2 aromatic rings. The highest BCUT2D eigenvalue weighted by atomic mass is 35.5. The van der Waals surface area contributed by atoms with Gasteiger partial charge in [0.2, 0.25) is 0 Å². The molecule has 0 spiro atoms. The average Bonchev–Trinajstić information content (AvgIpc) is 2.74. The summed E-state index contributed by atoms with van der Waals surface area (Å²) in [6.07, 6.45) is 1.44. The third-order valence-corrected chi connectivity index (χ3v) is 3.24. The molecule has 5 nitrogen and oxygen atoms in total. The molecule has 0 bridgehead atoms. The lowest BCUT2D eigenvalue weighted by atomic mass is 10.2. The highest BCUT2D eigenvalue weighted by molar-refractivity contribution is 7.80. The Morgan fingerprint density at radius 1 is 1.50 bits per heavy atom. The van der Waals surface area contributed by atoms with Crippen LogP contribution in [0.5, 0.6) is 0 Å². The number of nitrogens with one attached hydrogen (secondary N) is 1. The molecule has 3 N–H and O–H groups in total. The lowest BCUT2D eigenvalue weighted by Gasteiger charge is -2.09. The zero-order valence-corrected chi connectivity index (χ0v) is 11.9. The molecule has 20 heavy (non-hydrogen) atoms. The van der Waals surface area contributed by atoms with Crippen LogP contribution in [0.2, 0.25) is 5.02 Å². The summed E-state index contributed by atoms with van der Waals surface area (Å²) in [7, 11) is 1.62. The van der Waals surface area contributed by atoms with Crippen molar-refractivity contribution >= 4 is 40.5 Å². The Bertz CT molecular complexity index is 701. The fraction of sp³-hybridized carbons (Fsp3) is 0.0833. The van der Waals surface area contributed by atoms with Crippen LogP contribution in [0.4, 0.5) is 10.2 Å². The maximum atomic E-state index is 13.3. The van der Waals surface area contributed by atoms with E-state index in [0.717, 1.165) is 0 Å². The molecule has 1 aromatic heterocycles. The summed E-state index contributed by atoms with van der Waals surface area (Å²) in [5.74, 6) is -0.919. The number of anilines is 1. The van der Waals surface area contributed by atoms with Gasteiger partial charge >= 0.3 is 0 Å². The molecule has 8 heteroatoms. The van der Waals surface area contributed by atoms with Crippen LogP contribution < -0.4 is 11.1 Å². The predicted octanol–water partition coefficient (Wildman–Crippen LogP) is 2.10. The van der Waals surface area contributed by atoms with Crippen molar-refractivity contribution in [3.05, 3.63) is 46.4 Å². The Morgan fingerprint density at radius 2 is 2.20 bits per heavy atom. The second kappa shape index (κ2) is 5.56. The molecule has 0 atom stereocenters. The van der Waals surface area contributed by atoms with E-state index in [4.69, 9.17) is 29.6 Å². The van der Waals surface area contributed by atoms with Gasteiger partial charge < -0.3 is 11.1 Å². The molecule has 0 saturated heterocycles. The van der Waals surface area contributed by atoms with Gasteiger partial charge in [0.25, 0.3) is 5.91 Å². The van der Waals surface area contributed by atoms with Crippen molar-refractivity contribution < 1.29 is 9.18 Å². The zero-order chi connectivity index (χ0) is 14.9. The Morgan fingerprint density at radius 3 is 2.85 bits per heavy atom. The van der Waals surface area contributed by atoms with Gasteiger partial charge in [-0.15, -0.1) is 0 Å². The molecule has 0 unspecified atom stereocenters. The van der Waals surface area contributed by atoms with E-state index < -0.39 is 11.7 Å². The minimum atomic E-state index is -0.668. The van der Waals surface area contributed by atoms with E-state index in [2.05, 4.69) is 10.4 Å². The minimum Gasteiger partial charge on any atom is -0.389 e. The fourth-order valence-corrected chi connectivity index (χ4v) is 1.98. The van der Waals surface area contributed by atoms with Gasteiger partial charge in [-0.25, -0.2) is 4.39 Å². The Balaban J connectivity index is 2.35. The molecular weight excluding hydrogens is 303 g/mol. The summed E-state index contributed by atoms with van der Waals surface area (Å²) in [6.45, 7) is 0. The summed E-state index contributed by atoms with van der Waals surface area (Å²) in [5, 5.41) is 6.27. The highest BCUT2D eigenvalue weighted by Gasteiger charge is 2.18. The molecule has 1 amide bonds. The van der Waals surface area contributed by atoms with Crippen LogP contribution in [0.25, 0.3) is 0 Å². The number of carbonyl (C=O) groups is 1. The highest BCUT2D eigenvalue weighted by Crippen LogP contribution is 2.22. The van der Waals surface area contributed by atoms with Gasteiger partial charge in [0, 0.05) is 7.05 Å². The molecule has 1 aromatic carbocycles. The minimum absolute atomic E-state index is 0.0155. The normalized spacial score (nSPS) is 10.3. The number of nitrogens with two attached hydrogens (primary N) is 1. The first kappa shape index (κ1) is 14.4. The van der Waals surface area contributed by atoms with Gasteiger partial charge in [-0.3, -0.25) is 9.48 Å². The number of aryl methyl sites for hydroxylation is 1. The third kappa shape index (κ3) is 2.63. The topological polar surface area (TPSA) is 72.9 Å². The van der Waals surface area contributed by atoms with Crippen molar-refractivity contribution in [3.8, 4) is 0 Å². The van der Waals surface area contributed by atoms with Crippen LogP contribution in [0, 0.1) is 5.82 Å². The SMILES string of the molecule is Cn1ncc(C(N)=S)c1NC(=O)c1cccc(F)c1Cl. The number of amides is 1. The van der Waals surface area contributed by atoms with Gasteiger partial charge in [0.1, 0.15) is 16.6 Å². The van der Waals surface area contributed by atoms with E-state index in [1.165, 1.54) is 29.1 Å². The first-order chi connectivity index (χ1) is 9.41. The maximum absolute atomic E-state index is 13.3. The van der Waals surface area contributed by atoms with Crippen LogP contribution >= 0.6 is 23.8 Å². The molecule has 0 aliphatic rings. The van der Waals surface area contributed by atoms with Crippen molar-refractivity contribution in [1.29, 1.82) is 0 Å². The van der Waals surface area contributed by atoms with E-state index in [1.807, 2.05) is 0 Å². The molecule has 1 heterocycles. The molecule has 0 saturated carbocycles. The lowest BCUT2D eigenvalue weighted by molar-refractivity contribution is 0.102. The number of carbonyl (C=O) groups excluding carboxylic acids is 1. The second-order valence-electron chi connectivity index (χ2n) is 3.95. The molecule has 0 fully saturated rings. The maximum Gasteiger partial charge on any atom is 0.258 e. The number of benzene rings is 1. The van der Waals surface area contributed by atoms with Gasteiger partial charge in [-0.05, 0) is 12.1 Å². The zero-order valence-electron chi connectivity index (χ0n) is 10.4. The van der Waals surface area contributed by atoms with Crippen LogP contribution in [0.3, 0.4) is 0 Å². The van der Waals surface area contributed by atoms with Gasteiger partial charge in [-0.2, -0.15) is 5.10 Å². The number of thiocarbonyl (C=S) groups is 1. The molecule has 0 aliphatic heterocycles. The standard InChI is InChI=1S/C12H10ClFN4OS/c1-18-11(7(5-16-18)10(15)20)17-12(19)6-3-2-4-8(14)9(6)13/h2-5H,1H3,(H2,15,20)(H,17,19). The van der Waals surface area contributed by atoms with Crippen molar-refractivity contribution in [3.63, 3.8) is 0 Å². The van der Waals surface area contributed by atoms with E-state index in [-0.39, 0.29) is 15.6 Å². The molecule has 2 rings (SSSR count). The number of aromatic nitrogens is 2. The van der Waals surface area contributed by atoms with Crippen LogP contribution in [0.15, 0.2) is 24.4 Å². The van der Waals surface area contributed by atoms with Crippen molar-refractivity contribution in [1.82, 2.24) is 9.78 Å². The summed E-state index contributed by atoms with van der Waals surface area (Å²) >= 11 is 10.6. The van der Waals surface area contributed by atoms with E-state index in [1.54, 1.807) is 7.05 Å². The Hall–Kier alpha value is -1.99. The van der Waals surface area contributed by atoms with Gasteiger partial charge in [0.05, 0.1) is 22.3 Å². The van der Waals surface area contributed by atoms with Crippen molar-refractivity contribution in [2.45, 2.75) is 0 Å². The van der Waals surface area contributed by atoms with Crippen molar-refractivity contribution in [2.75, 3.05) is 5.32 Å². The number of hydrogen-bond acceptors (Lipinski definition) is 3. The lowest BCUT2D eigenvalue weighted by Crippen LogP contribution is -2.19. The number of nitrogens with zero attached hydrogens (tertiary/aromatic N) is 2. The van der Waals surface area contributed by atoms with Crippen LogP contribution in [-0.4, -0.2) is 20.7 Å². The van der Waals surface area contributed by atoms with E-state index >= 15 is 0 Å².